The molecule has 1 fully saturated rings. The SMILES string of the molecule is O=C(Cn1c(=O)ccn(Cc2ccccc2)c1=O)Nc1ccc(C(=O)NC2CCCC2)cc1. The molecule has 1 aliphatic carbocycles. The summed E-state index contributed by atoms with van der Waals surface area (Å²) in [5, 5.41) is 5.70. The van der Waals surface area contributed by atoms with Crippen LogP contribution < -0.4 is 21.9 Å². The second-order valence-electron chi connectivity index (χ2n) is 8.22. The largest absolute Gasteiger partial charge is 0.349 e. The first kappa shape index (κ1) is 22.3. The van der Waals surface area contributed by atoms with E-state index in [1.54, 1.807) is 24.3 Å². The van der Waals surface area contributed by atoms with Gasteiger partial charge in [-0.3, -0.25) is 23.5 Å². The Balaban J connectivity index is 1.40. The van der Waals surface area contributed by atoms with Gasteiger partial charge in [-0.2, -0.15) is 0 Å². The van der Waals surface area contributed by atoms with Crippen LogP contribution in [0.3, 0.4) is 0 Å². The lowest BCUT2D eigenvalue weighted by molar-refractivity contribution is -0.116. The molecule has 33 heavy (non-hydrogen) atoms. The van der Waals surface area contributed by atoms with Gasteiger partial charge in [0.05, 0.1) is 6.54 Å². The monoisotopic (exact) mass is 446 g/mol. The first-order valence-corrected chi connectivity index (χ1v) is 11.0. The van der Waals surface area contributed by atoms with Crippen LogP contribution in [-0.2, 0) is 17.9 Å². The third-order valence-electron chi connectivity index (χ3n) is 5.76. The maximum Gasteiger partial charge on any atom is 0.331 e. The van der Waals surface area contributed by atoms with Gasteiger partial charge in [0, 0.05) is 29.6 Å². The third-order valence-corrected chi connectivity index (χ3v) is 5.76. The van der Waals surface area contributed by atoms with Gasteiger partial charge in [-0.25, -0.2) is 4.79 Å². The number of nitrogens with zero attached hydrogens (tertiary/aromatic N) is 2. The van der Waals surface area contributed by atoms with Crippen molar-refractivity contribution in [2.75, 3.05) is 5.32 Å². The lowest BCUT2D eigenvalue weighted by Gasteiger charge is -2.12. The van der Waals surface area contributed by atoms with Crippen molar-refractivity contribution in [3.8, 4) is 0 Å². The van der Waals surface area contributed by atoms with E-state index >= 15 is 0 Å². The van der Waals surface area contributed by atoms with E-state index in [1.807, 2.05) is 30.3 Å². The van der Waals surface area contributed by atoms with Crippen molar-refractivity contribution in [3.05, 3.63) is 98.8 Å². The molecule has 1 aromatic heterocycles. The molecule has 0 atom stereocenters. The Morgan fingerprint density at radius 1 is 0.909 bits per heavy atom. The number of anilines is 1. The summed E-state index contributed by atoms with van der Waals surface area (Å²) in [7, 11) is 0. The Morgan fingerprint density at radius 3 is 2.30 bits per heavy atom. The highest BCUT2D eigenvalue weighted by Gasteiger charge is 2.18. The van der Waals surface area contributed by atoms with E-state index < -0.39 is 23.7 Å². The van der Waals surface area contributed by atoms with Crippen molar-refractivity contribution in [2.24, 2.45) is 0 Å². The highest BCUT2D eigenvalue weighted by Crippen LogP contribution is 2.18. The predicted molar refractivity (Wildman–Crippen MR) is 125 cm³/mol. The summed E-state index contributed by atoms with van der Waals surface area (Å²) in [6.07, 6.45) is 5.72. The summed E-state index contributed by atoms with van der Waals surface area (Å²) >= 11 is 0. The van der Waals surface area contributed by atoms with Crippen LogP contribution in [-0.4, -0.2) is 27.0 Å². The Bertz CT molecular complexity index is 1240. The normalized spacial score (nSPS) is 13.6. The standard InChI is InChI=1S/C25H26N4O4/c30-22(26-21-12-10-19(11-13-21)24(32)27-20-8-4-5-9-20)17-29-23(31)14-15-28(25(29)33)16-18-6-2-1-3-7-18/h1-3,6-7,10-15,20H,4-5,8-9,16-17H2,(H,26,30)(H,27,32). The van der Waals surface area contributed by atoms with E-state index in [9.17, 15) is 19.2 Å². The van der Waals surface area contributed by atoms with Crippen LogP contribution in [0.4, 0.5) is 5.69 Å². The zero-order chi connectivity index (χ0) is 23.2. The summed E-state index contributed by atoms with van der Waals surface area (Å²) in [5.74, 6) is -0.635. The molecule has 8 nitrogen and oxygen atoms in total. The molecular formula is C25H26N4O4. The highest BCUT2D eigenvalue weighted by atomic mass is 16.2. The molecule has 0 radical (unpaired) electrons. The number of aromatic nitrogens is 2. The van der Waals surface area contributed by atoms with E-state index in [1.165, 1.54) is 16.8 Å². The number of amides is 2. The first-order valence-electron chi connectivity index (χ1n) is 11.0. The molecule has 0 bridgehead atoms. The quantitative estimate of drug-likeness (QED) is 0.582. The highest BCUT2D eigenvalue weighted by molar-refractivity contribution is 5.96. The minimum atomic E-state index is -0.555. The van der Waals surface area contributed by atoms with E-state index in [-0.39, 0.29) is 11.9 Å². The number of carbonyl (C=O) groups is 2. The molecule has 2 amide bonds. The second-order valence-corrected chi connectivity index (χ2v) is 8.22. The molecule has 0 aliphatic heterocycles. The Hall–Kier alpha value is -3.94. The van der Waals surface area contributed by atoms with Crippen LogP contribution in [0.25, 0.3) is 0 Å². The van der Waals surface area contributed by atoms with Crippen molar-refractivity contribution < 1.29 is 9.59 Å². The first-order chi connectivity index (χ1) is 16.0. The predicted octanol–water partition coefficient (Wildman–Crippen LogP) is 2.37. The summed E-state index contributed by atoms with van der Waals surface area (Å²) in [6.45, 7) is -0.108. The van der Waals surface area contributed by atoms with Crippen LogP contribution in [0.2, 0.25) is 0 Å². The van der Waals surface area contributed by atoms with Gasteiger partial charge in [-0.05, 0) is 42.7 Å². The average Bonchev–Trinajstić information content (AvgIpc) is 3.33. The van der Waals surface area contributed by atoms with Crippen molar-refractivity contribution in [3.63, 3.8) is 0 Å². The fraction of sp³-hybridized carbons (Fsp3) is 0.280. The molecule has 0 spiro atoms. The van der Waals surface area contributed by atoms with E-state index in [0.29, 0.717) is 17.8 Å². The smallest absolute Gasteiger partial charge is 0.331 e. The van der Waals surface area contributed by atoms with Crippen LogP contribution >= 0.6 is 0 Å². The number of hydrogen-bond donors (Lipinski definition) is 2. The molecule has 1 aliphatic rings. The van der Waals surface area contributed by atoms with E-state index in [4.69, 9.17) is 0 Å². The summed E-state index contributed by atoms with van der Waals surface area (Å²) in [4.78, 5) is 49.8. The van der Waals surface area contributed by atoms with Gasteiger partial charge in [0.15, 0.2) is 0 Å². The zero-order valence-corrected chi connectivity index (χ0v) is 18.2. The zero-order valence-electron chi connectivity index (χ0n) is 18.2. The molecule has 4 rings (SSSR count). The lowest BCUT2D eigenvalue weighted by Crippen LogP contribution is -2.41. The number of nitrogens with one attached hydrogen (secondary N) is 2. The third kappa shape index (κ3) is 5.65. The van der Waals surface area contributed by atoms with E-state index in [0.717, 1.165) is 35.8 Å². The van der Waals surface area contributed by atoms with Crippen molar-refractivity contribution in [1.29, 1.82) is 0 Å². The lowest BCUT2D eigenvalue weighted by atomic mass is 10.1. The van der Waals surface area contributed by atoms with Gasteiger partial charge in [-0.15, -0.1) is 0 Å². The fourth-order valence-electron chi connectivity index (χ4n) is 3.99. The van der Waals surface area contributed by atoms with Crippen LogP contribution in [0, 0.1) is 0 Å². The van der Waals surface area contributed by atoms with Gasteiger partial charge < -0.3 is 10.6 Å². The topological polar surface area (TPSA) is 102 Å². The molecule has 170 valence electrons. The summed E-state index contributed by atoms with van der Waals surface area (Å²) in [6, 6.07) is 17.4. The van der Waals surface area contributed by atoms with Gasteiger partial charge in [0.2, 0.25) is 5.91 Å². The van der Waals surface area contributed by atoms with Gasteiger partial charge in [-0.1, -0.05) is 43.2 Å². The Morgan fingerprint density at radius 2 is 1.61 bits per heavy atom. The molecule has 0 saturated heterocycles. The maximum atomic E-state index is 12.7. The Labute approximate surface area is 190 Å². The average molecular weight is 447 g/mol. The minimum Gasteiger partial charge on any atom is -0.349 e. The number of carbonyl (C=O) groups excluding carboxylic acids is 2. The van der Waals surface area contributed by atoms with Crippen LogP contribution in [0.1, 0.15) is 41.6 Å². The Kier molecular flexibility index (Phi) is 6.83. The number of hydrogen-bond acceptors (Lipinski definition) is 4. The minimum absolute atomic E-state index is 0.130. The van der Waals surface area contributed by atoms with Crippen LogP contribution in [0.15, 0.2) is 76.4 Å². The molecule has 8 heteroatoms. The van der Waals surface area contributed by atoms with Crippen molar-refractivity contribution >= 4 is 17.5 Å². The van der Waals surface area contributed by atoms with Crippen LogP contribution in [0.5, 0.6) is 0 Å². The molecular weight excluding hydrogens is 420 g/mol. The molecule has 2 aromatic carbocycles. The number of rotatable bonds is 7. The second kappa shape index (κ2) is 10.1. The number of benzene rings is 2. The molecule has 0 unspecified atom stereocenters. The van der Waals surface area contributed by atoms with Gasteiger partial charge >= 0.3 is 5.69 Å². The summed E-state index contributed by atoms with van der Waals surface area (Å²) < 4.78 is 2.30. The van der Waals surface area contributed by atoms with Gasteiger partial charge in [0.25, 0.3) is 11.5 Å². The molecule has 1 saturated carbocycles. The molecule has 1 heterocycles. The van der Waals surface area contributed by atoms with Gasteiger partial charge in [0.1, 0.15) is 6.54 Å². The summed E-state index contributed by atoms with van der Waals surface area (Å²) in [5.41, 5.74) is 0.805. The molecule has 3 aromatic rings. The molecule has 2 N–H and O–H groups in total. The van der Waals surface area contributed by atoms with Crippen molar-refractivity contribution in [1.82, 2.24) is 14.5 Å². The fourth-order valence-corrected chi connectivity index (χ4v) is 3.99. The van der Waals surface area contributed by atoms with Crippen molar-refractivity contribution in [2.45, 2.75) is 44.8 Å². The maximum absolute atomic E-state index is 12.7. The van der Waals surface area contributed by atoms with E-state index in [2.05, 4.69) is 10.6 Å².